The monoisotopic (exact) mass is 290 g/mol. The molecule has 22 heavy (non-hydrogen) atoms. The molecule has 3 aromatic rings. The van der Waals surface area contributed by atoms with Crippen molar-refractivity contribution in [2.45, 2.75) is 19.8 Å². The first-order valence-corrected chi connectivity index (χ1v) is 7.43. The van der Waals surface area contributed by atoms with Gasteiger partial charge in [-0.15, -0.1) is 0 Å². The van der Waals surface area contributed by atoms with E-state index in [0.29, 0.717) is 0 Å². The molecule has 0 amide bonds. The van der Waals surface area contributed by atoms with Gasteiger partial charge in [-0.1, -0.05) is 48.5 Å². The molecule has 2 aromatic carbocycles. The Morgan fingerprint density at radius 1 is 0.909 bits per heavy atom. The quantitative estimate of drug-likeness (QED) is 0.738. The molecule has 1 heterocycles. The van der Waals surface area contributed by atoms with Crippen LogP contribution in [0.15, 0.2) is 71.5 Å². The van der Waals surface area contributed by atoms with Crippen LogP contribution in [0.1, 0.15) is 17.0 Å². The molecule has 1 aromatic heterocycles. The van der Waals surface area contributed by atoms with Gasteiger partial charge in [0, 0.05) is 11.4 Å². The average molecular weight is 290 g/mol. The fraction of sp³-hybridized carbons (Fsp3) is 0.158. The Morgan fingerprint density at radius 3 is 2.23 bits per heavy atom. The molecule has 0 fully saturated rings. The van der Waals surface area contributed by atoms with E-state index in [1.165, 1.54) is 5.56 Å². The first-order chi connectivity index (χ1) is 10.7. The highest BCUT2D eigenvalue weighted by molar-refractivity contribution is 5.34. The van der Waals surface area contributed by atoms with Gasteiger partial charge in [0.25, 0.3) is 0 Å². The van der Waals surface area contributed by atoms with Gasteiger partial charge in [0.2, 0.25) is 0 Å². The standard InChI is InChI=1S/C19H18N2O/c1-15-14-18(13-12-16-8-4-2-5-9-16)21(19(22)20-15)17-10-6-3-7-11-17/h2-11,14H,12-13H2,1H3. The number of para-hydroxylation sites is 1. The molecule has 110 valence electrons. The molecule has 0 saturated carbocycles. The maximum absolute atomic E-state index is 12.3. The Balaban J connectivity index is 1.98. The fourth-order valence-corrected chi connectivity index (χ4v) is 2.62. The minimum Gasteiger partial charge on any atom is -0.265 e. The molecule has 0 saturated heterocycles. The molecule has 0 spiro atoms. The Labute approximate surface area is 129 Å². The Bertz CT molecular complexity index is 808. The van der Waals surface area contributed by atoms with E-state index in [4.69, 9.17) is 0 Å². The molecule has 0 bridgehead atoms. The minimum atomic E-state index is -0.214. The normalized spacial score (nSPS) is 10.6. The van der Waals surface area contributed by atoms with E-state index < -0.39 is 0 Å². The SMILES string of the molecule is Cc1cc(CCc2ccccc2)n(-c2ccccc2)c(=O)n1. The van der Waals surface area contributed by atoms with Gasteiger partial charge in [-0.2, -0.15) is 4.98 Å². The van der Waals surface area contributed by atoms with Gasteiger partial charge < -0.3 is 0 Å². The molecule has 0 aliphatic rings. The van der Waals surface area contributed by atoms with E-state index in [2.05, 4.69) is 17.1 Å². The maximum Gasteiger partial charge on any atom is 0.352 e. The van der Waals surface area contributed by atoms with Gasteiger partial charge in [0.05, 0.1) is 5.69 Å². The highest BCUT2D eigenvalue weighted by Gasteiger charge is 2.08. The number of benzene rings is 2. The first-order valence-electron chi connectivity index (χ1n) is 7.43. The third kappa shape index (κ3) is 3.14. The van der Waals surface area contributed by atoms with Gasteiger partial charge in [-0.05, 0) is 43.5 Å². The van der Waals surface area contributed by atoms with Crippen molar-refractivity contribution in [1.82, 2.24) is 9.55 Å². The average Bonchev–Trinajstić information content (AvgIpc) is 2.54. The lowest BCUT2D eigenvalue weighted by Gasteiger charge is -2.13. The van der Waals surface area contributed by atoms with Crippen molar-refractivity contribution >= 4 is 0 Å². The number of hydrogen-bond acceptors (Lipinski definition) is 2. The van der Waals surface area contributed by atoms with Gasteiger partial charge in [0.15, 0.2) is 0 Å². The van der Waals surface area contributed by atoms with Crippen LogP contribution in [0.5, 0.6) is 0 Å². The molecule has 0 aliphatic carbocycles. The van der Waals surface area contributed by atoms with E-state index >= 15 is 0 Å². The molecule has 3 rings (SSSR count). The fourth-order valence-electron chi connectivity index (χ4n) is 2.62. The highest BCUT2D eigenvalue weighted by Crippen LogP contribution is 2.12. The zero-order valence-corrected chi connectivity index (χ0v) is 12.6. The van der Waals surface area contributed by atoms with Gasteiger partial charge >= 0.3 is 5.69 Å². The molecule has 0 aliphatic heterocycles. The van der Waals surface area contributed by atoms with Crippen LogP contribution in [0.4, 0.5) is 0 Å². The zero-order chi connectivity index (χ0) is 15.4. The molecule has 0 N–H and O–H groups in total. The molecule has 0 unspecified atom stereocenters. The topological polar surface area (TPSA) is 34.9 Å². The molecular formula is C19H18N2O. The third-order valence-corrected chi connectivity index (χ3v) is 3.65. The van der Waals surface area contributed by atoms with Crippen LogP contribution >= 0.6 is 0 Å². The molecule has 0 radical (unpaired) electrons. The lowest BCUT2D eigenvalue weighted by Crippen LogP contribution is -2.25. The van der Waals surface area contributed by atoms with Crippen molar-refractivity contribution in [2.24, 2.45) is 0 Å². The van der Waals surface area contributed by atoms with Crippen LogP contribution in [0, 0.1) is 6.92 Å². The number of aromatic nitrogens is 2. The Hall–Kier alpha value is -2.68. The van der Waals surface area contributed by atoms with Crippen molar-refractivity contribution in [3.8, 4) is 5.69 Å². The van der Waals surface area contributed by atoms with Crippen molar-refractivity contribution in [3.63, 3.8) is 0 Å². The lowest BCUT2D eigenvalue weighted by molar-refractivity contribution is 0.786. The van der Waals surface area contributed by atoms with E-state index in [1.807, 2.05) is 61.5 Å². The number of rotatable bonds is 4. The Kier molecular flexibility index (Phi) is 4.15. The smallest absolute Gasteiger partial charge is 0.265 e. The summed E-state index contributed by atoms with van der Waals surface area (Å²) in [5, 5.41) is 0. The van der Waals surface area contributed by atoms with Crippen molar-refractivity contribution in [1.29, 1.82) is 0 Å². The summed E-state index contributed by atoms with van der Waals surface area (Å²) in [6.07, 6.45) is 1.70. The highest BCUT2D eigenvalue weighted by atomic mass is 16.1. The second-order valence-electron chi connectivity index (χ2n) is 5.33. The van der Waals surface area contributed by atoms with Crippen LogP contribution in [-0.2, 0) is 12.8 Å². The van der Waals surface area contributed by atoms with Gasteiger partial charge in [-0.3, -0.25) is 4.57 Å². The lowest BCUT2D eigenvalue weighted by atomic mass is 10.1. The second-order valence-corrected chi connectivity index (χ2v) is 5.33. The van der Waals surface area contributed by atoms with Crippen LogP contribution in [0.25, 0.3) is 5.69 Å². The number of nitrogens with zero attached hydrogens (tertiary/aromatic N) is 2. The summed E-state index contributed by atoms with van der Waals surface area (Å²) in [4.78, 5) is 16.4. The third-order valence-electron chi connectivity index (χ3n) is 3.65. The van der Waals surface area contributed by atoms with E-state index in [-0.39, 0.29) is 5.69 Å². The van der Waals surface area contributed by atoms with E-state index in [1.54, 1.807) is 4.57 Å². The van der Waals surface area contributed by atoms with Crippen LogP contribution < -0.4 is 5.69 Å². The van der Waals surface area contributed by atoms with Gasteiger partial charge in [0.1, 0.15) is 0 Å². The van der Waals surface area contributed by atoms with Crippen molar-refractivity contribution in [3.05, 3.63) is 94.2 Å². The minimum absolute atomic E-state index is 0.214. The zero-order valence-electron chi connectivity index (χ0n) is 12.6. The van der Waals surface area contributed by atoms with Crippen LogP contribution in [0.3, 0.4) is 0 Å². The van der Waals surface area contributed by atoms with Crippen LogP contribution in [0.2, 0.25) is 0 Å². The number of hydrogen-bond donors (Lipinski definition) is 0. The summed E-state index contributed by atoms with van der Waals surface area (Å²) in [7, 11) is 0. The summed E-state index contributed by atoms with van der Waals surface area (Å²) < 4.78 is 1.70. The van der Waals surface area contributed by atoms with Crippen molar-refractivity contribution < 1.29 is 0 Å². The first kappa shape index (κ1) is 14.3. The largest absolute Gasteiger partial charge is 0.352 e. The summed E-state index contributed by atoms with van der Waals surface area (Å²) in [6, 6.07) is 22.0. The molecular weight excluding hydrogens is 272 g/mol. The summed E-state index contributed by atoms with van der Waals surface area (Å²) in [5.74, 6) is 0. The molecule has 0 atom stereocenters. The second kappa shape index (κ2) is 6.39. The van der Waals surface area contributed by atoms with Crippen LogP contribution in [-0.4, -0.2) is 9.55 Å². The maximum atomic E-state index is 12.3. The van der Waals surface area contributed by atoms with Crippen molar-refractivity contribution in [2.75, 3.05) is 0 Å². The molecule has 3 heteroatoms. The summed E-state index contributed by atoms with van der Waals surface area (Å²) in [6.45, 7) is 1.86. The van der Waals surface area contributed by atoms with E-state index in [0.717, 1.165) is 29.9 Å². The summed E-state index contributed by atoms with van der Waals surface area (Å²) in [5.41, 5.74) is 3.68. The van der Waals surface area contributed by atoms with E-state index in [9.17, 15) is 4.79 Å². The Morgan fingerprint density at radius 2 is 1.55 bits per heavy atom. The molecule has 3 nitrogen and oxygen atoms in total. The predicted octanol–water partition coefficient (Wildman–Crippen LogP) is 3.33. The predicted molar refractivity (Wildman–Crippen MR) is 88.4 cm³/mol. The van der Waals surface area contributed by atoms with Gasteiger partial charge in [-0.25, -0.2) is 4.79 Å². The number of aryl methyl sites for hydroxylation is 3. The summed E-state index contributed by atoms with van der Waals surface area (Å²) >= 11 is 0.